The van der Waals surface area contributed by atoms with E-state index in [9.17, 15) is 9.59 Å². The maximum atomic E-state index is 12.4. The van der Waals surface area contributed by atoms with Gasteiger partial charge in [-0.2, -0.15) is 0 Å². The predicted octanol–water partition coefficient (Wildman–Crippen LogP) is 2.86. The molecule has 0 saturated heterocycles. The second kappa shape index (κ2) is 6.52. The third-order valence-corrected chi connectivity index (χ3v) is 4.84. The third kappa shape index (κ3) is 4.00. The van der Waals surface area contributed by atoms with E-state index in [-0.39, 0.29) is 17.7 Å². The van der Waals surface area contributed by atoms with Crippen LogP contribution in [-0.4, -0.2) is 39.7 Å². The Morgan fingerprint density at radius 3 is 2.57 bits per heavy atom. The summed E-state index contributed by atoms with van der Waals surface area (Å²) in [5.74, 6) is -0.734. The van der Waals surface area contributed by atoms with Crippen molar-refractivity contribution in [3.8, 4) is 0 Å². The lowest BCUT2D eigenvalue weighted by Gasteiger charge is -2.26. The molecule has 0 bridgehead atoms. The van der Waals surface area contributed by atoms with Crippen LogP contribution >= 0.6 is 11.8 Å². The van der Waals surface area contributed by atoms with Gasteiger partial charge in [-0.05, 0) is 45.2 Å². The van der Waals surface area contributed by atoms with E-state index in [0.717, 1.165) is 23.3 Å². The van der Waals surface area contributed by atoms with Crippen molar-refractivity contribution in [1.82, 2.24) is 4.90 Å². The Morgan fingerprint density at radius 2 is 2.05 bits per heavy atom. The largest absolute Gasteiger partial charge is 0.480 e. The van der Waals surface area contributed by atoms with Gasteiger partial charge in [0.05, 0.1) is 5.75 Å². The maximum Gasteiger partial charge on any atom is 0.326 e. The van der Waals surface area contributed by atoms with Crippen LogP contribution in [0.15, 0.2) is 23.1 Å². The number of hydrogen-bond acceptors (Lipinski definition) is 3. The number of aliphatic carboxylic acids is 1. The van der Waals surface area contributed by atoms with Gasteiger partial charge in [-0.15, -0.1) is 11.8 Å². The summed E-state index contributed by atoms with van der Waals surface area (Å²) in [5, 5.41) is 9.14. The minimum absolute atomic E-state index is 0.0858. The topological polar surface area (TPSA) is 57.6 Å². The molecule has 1 aliphatic rings. The lowest BCUT2D eigenvalue weighted by atomic mass is 10.2. The van der Waals surface area contributed by atoms with E-state index in [0.29, 0.717) is 0 Å². The van der Waals surface area contributed by atoms with E-state index < -0.39 is 12.0 Å². The normalized spacial score (nSPS) is 15.6. The second-order valence-electron chi connectivity index (χ2n) is 5.60. The molecule has 1 aromatic rings. The standard InChI is InChI=1S/C16H21NO3S/c1-10-4-7-14(11(2)8-10)21-9-15(18)17(13-5-6-13)12(3)16(19)20/h4,7-8,12-13H,5-6,9H2,1-3H3,(H,19,20). The number of carboxylic acid groups (broad SMARTS) is 1. The lowest BCUT2D eigenvalue weighted by Crippen LogP contribution is -2.45. The fourth-order valence-corrected chi connectivity index (χ4v) is 3.26. The summed E-state index contributed by atoms with van der Waals surface area (Å²) in [6.07, 6.45) is 1.83. The van der Waals surface area contributed by atoms with Gasteiger partial charge in [0.15, 0.2) is 0 Å². The molecular weight excluding hydrogens is 286 g/mol. The summed E-state index contributed by atoms with van der Waals surface area (Å²) < 4.78 is 0. The van der Waals surface area contributed by atoms with Gasteiger partial charge in [-0.1, -0.05) is 17.7 Å². The molecule has 0 spiro atoms. The summed E-state index contributed by atoms with van der Waals surface area (Å²) in [7, 11) is 0. The number of hydrogen-bond donors (Lipinski definition) is 1. The highest BCUT2D eigenvalue weighted by Crippen LogP contribution is 2.31. The van der Waals surface area contributed by atoms with E-state index in [1.165, 1.54) is 17.3 Å². The number of carboxylic acids is 1. The fourth-order valence-electron chi connectivity index (χ4n) is 2.38. The average molecular weight is 307 g/mol. The molecular formula is C16H21NO3S. The molecule has 0 radical (unpaired) electrons. The molecule has 1 amide bonds. The average Bonchev–Trinajstić information content (AvgIpc) is 3.22. The van der Waals surface area contributed by atoms with Gasteiger partial charge in [0.2, 0.25) is 5.91 Å². The van der Waals surface area contributed by atoms with Crippen molar-refractivity contribution >= 4 is 23.6 Å². The Bertz CT molecular complexity index is 554. The van der Waals surface area contributed by atoms with Crippen molar-refractivity contribution in [2.24, 2.45) is 0 Å². The zero-order valence-electron chi connectivity index (χ0n) is 12.6. The molecule has 1 aliphatic carbocycles. The van der Waals surface area contributed by atoms with Crippen molar-refractivity contribution in [1.29, 1.82) is 0 Å². The van der Waals surface area contributed by atoms with Crippen LogP contribution in [0.5, 0.6) is 0 Å². The molecule has 0 aromatic heterocycles. The number of thioether (sulfide) groups is 1. The molecule has 1 atom stereocenters. The highest BCUT2D eigenvalue weighted by Gasteiger charge is 2.38. The van der Waals surface area contributed by atoms with E-state index in [1.54, 1.807) is 11.8 Å². The van der Waals surface area contributed by atoms with E-state index in [1.807, 2.05) is 26.0 Å². The van der Waals surface area contributed by atoms with Gasteiger partial charge in [0.25, 0.3) is 0 Å². The van der Waals surface area contributed by atoms with E-state index in [2.05, 4.69) is 6.07 Å². The van der Waals surface area contributed by atoms with Gasteiger partial charge in [-0.25, -0.2) is 4.79 Å². The number of carbonyl (C=O) groups is 2. The Kier molecular flexibility index (Phi) is 4.93. The molecule has 5 heteroatoms. The van der Waals surface area contributed by atoms with Crippen LogP contribution in [0, 0.1) is 13.8 Å². The van der Waals surface area contributed by atoms with Crippen LogP contribution in [0.4, 0.5) is 0 Å². The first-order valence-corrected chi connectivity index (χ1v) is 8.12. The van der Waals surface area contributed by atoms with Crippen molar-refractivity contribution in [2.75, 3.05) is 5.75 Å². The van der Waals surface area contributed by atoms with E-state index in [4.69, 9.17) is 5.11 Å². The third-order valence-electron chi connectivity index (χ3n) is 3.68. The zero-order chi connectivity index (χ0) is 15.6. The predicted molar refractivity (Wildman–Crippen MR) is 83.6 cm³/mol. The molecule has 1 aromatic carbocycles. The van der Waals surface area contributed by atoms with Crippen LogP contribution in [0.2, 0.25) is 0 Å². The Balaban J connectivity index is 2.00. The number of carbonyl (C=O) groups excluding carboxylic acids is 1. The van der Waals surface area contributed by atoms with Crippen LogP contribution in [0.1, 0.15) is 30.9 Å². The molecule has 0 aliphatic heterocycles. The first-order valence-electron chi connectivity index (χ1n) is 7.14. The van der Waals surface area contributed by atoms with Gasteiger partial charge < -0.3 is 10.0 Å². The highest BCUT2D eigenvalue weighted by molar-refractivity contribution is 8.00. The quantitative estimate of drug-likeness (QED) is 0.821. The Hall–Kier alpha value is -1.49. The molecule has 1 saturated carbocycles. The molecule has 0 heterocycles. The first-order chi connectivity index (χ1) is 9.90. The summed E-state index contributed by atoms with van der Waals surface area (Å²) in [6.45, 7) is 5.65. The number of amides is 1. The van der Waals surface area contributed by atoms with Gasteiger partial charge in [0, 0.05) is 10.9 Å². The molecule has 1 fully saturated rings. The van der Waals surface area contributed by atoms with Crippen molar-refractivity contribution in [2.45, 2.75) is 50.6 Å². The second-order valence-corrected chi connectivity index (χ2v) is 6.62. The van der Waals surface area contributed by atoms with Crippen LogP contribution in [-0.2, 0) is 9.59 Å². The lowest BCUT2D eigenvalue weighted by molar-refractivity contribution is -0.148. The molecule has 2 rings (SSSR count). The smallest absolute Gasteiger partial charge is 0.326 e. The summed E-state index contributed by atoms with van der Waals surface area (Å²) in [4.78, 5) is 26.1. The van der Waals surface area contributed by atoms with Gasteiger partial charge in [0.1, 0.15) is 6.04 Å². The van der Waals surface area contributed by atoms with Crippen molar-refractivity contribution < 1.29 is 14.7 Å². The number of aryl methyl sites for hydroxylation is 2. The molecule has 1 unspecified atom stereocenters. The summed E-state index contributed by atoms with van der Waals surface area (Å²) >= 11 is 1.48. The van der Waals surface area contributed by atoms with Crippen LogP contribution in [0.3, 0.4) is 0 Å². The fraction of sp³-hybridized carbons (Fsp3) is 0.500. The maximum absolute atomic E-state index is 12.4. The minimum atomic E-state index is -0.938. The molecule has 114 valence electrons. The van der Waals surface area contributed by atoms with E-state index >= 15 is 0 Å². The Morgan fingerprint density at radius 1 is 1.38 bits per heavy atom. The van der Waals surface area contributed by atoms with Gasteiger partial charge >= 0.3 is 5.97 Å². The minimum Gasteiger partial charge on any atom is -0.480 e. The molecule has 21 heavy (non-hydrogen) atoms. The summed E-state index contributed by atoms with van der Waals surface area (Å²) in [5.41, 5.74) is 2.35. The monoisotopic (exact) mass is 307 g/mol. The van der Waals surface area contributed by atoms with Gasteiger partial charge in [-0.3, -0.25) is 4.79 Å². The first kappa shape index (κ1) is 15.9. The van der Waals surface area contributed by atoms with Crippen LogP contribution < -0.4 is 0 Å². The SMILES string of the molecule is Cc1ccc(SCC(=O)N(C2CC2)C(C)C(=O)O)c(C)c1. The Labute approximate surface area is 129 Å². The number of rotatable bonds is 6. The molecule has 1 N–H and O–H groups in total. The molecule has 4 nitrogen and oxygen atoms in total. The zero-order valence-corrected chi connectivity index (χ0v) is 13.4. The number of benzene rings is 1. The van der Waals surface area contributed by atoms with Crippen LogP contribution in [0.25, 0.3) is 0 Å². The van der Waals surface area contributed by atoms with Crippen molar-refractivity contribution in [3.05, 3.63) is 29.3 Å². The van der Waals surface area contributed by atoms with Crippen molar-refractivity contribution in [3.63, 3.8) is 0 Å². The highest BCUT2D eigenvalue weighted by atomic mass is 32.2. The number of nitrogens with zero attached hydrogens (tertiary/aromatic N) is 1. The summed E-state index contributed by atoms with van der Waals surface area (Å²) in [6, 6.07) is 5.50.